The van der Waals surface area contributed by atoms with E-state index in [0.717, 1.165) is 23.7 Å². The first-order valence-corrected chi connectivity index (χ1v) is 11.4. The molecule has 0 spiro atoms. The minimum absolute atomic E-state index is 0.0485. The Labute approximate surface area is 178 Å². The molecule has 0 atom stereocenters. The van der Waals surface area contributed by atoms with Crippen molar-refractivity contribution in [1.82, 2.24) is 4.90 Å². The summed E-state index contributed by atoms with van der Waals surface area (Å²) >= 11 is 0.928. The van der Waals surface area contributed by atoms with Crippen molar-refractivity contribution in [2.45, 2.75) is 25.2 Å². The van der Waals surface area contributed by atoms with E-state index in [1.807, 2.05) is 6.92 Å². The van der Waals surface area contributed by atoms with Gasteiger partial charge in [0.1, 0.15) is 0 Å². The second-order valence-corrected chi connectivity index (χ2v) is 8.97. The quantitative estimate of drug-likeness (QED) is 0.380. The van der Waals surface area contributed by atoms with Crippen LogP contribution in [0.1, 0.15) is 25.0 Å². The van der Waals surface area contributed by atoms with Crippen LogP contribution in [0.25, 0.3) is 6.08 Å². The van der Waals surface area contributed by atoms with Crippen LogP contribution in [0.2, 0.25) is 0 Å². The molecule has 2 aromatic rings. The summed E-state index contributed by atoms with van der Waals surface area (Å²) in [6.07, 6.45) is 2.28. The van der Waals surface area contributed by atoms with Crippen LogP contribution in [-0.2, 0) is 21.2 Å². The van der Waals surface area contributed by atoms with E-state index in [1.165, 1.54) is 41.3 Å². The number of aryl methyl sites for hydroxylation is 1. The van der Waals surface area contributed by atoms with Gasteiger partial charge in [0.2, 0.25) is 0 Å². The molecule has 0 radical (unpaired) electrons. The van der Waals surface area contributed by atoms with Gasteiger partial charge in [-0.05, 0) is 54.4 Å². The number of non-ortho nitro benzene ring substituents is 1. The number of nitro benzene ring substituents is 1. The zero-order valence-electron chi connectivity index (χ0n) is 16.3. The Hall–Kier alpha value is -2.98. The molecule has 1 fully saturated rings. The first-order chi connectivity index (χ1) is 14.2. The molecule has 0 bridgehead atoms. The average Bonchev–Trinajstić information content (AvgIpc) is 3.01. The van der Waals surface area contributed by atoms with Crippen molar-refractivity contribution in [3.8, 4) is 0 Å². The van der Waals surface area contributed by atoms with Crippen LogP contribution in [0.4, 0.5) is 5.69 Å². The summed E-state index contributed by atoms with van der Waals surface area (Å²) in [5.41, 5.74) is 1.37. The Morgan fingerprint density at radius 2 is 1.87 bits per heavy atom. The number of rotatable bonds is 6. The molecule has 1 aliphatic heterocycles. The lowest BCUT2D eigenvalue weighted by molar-refractivity contribution is -0.384. The minimum Gasteiger partial charge on any atom is -0.286 e. The first kappa shape index (κ1) is 21.7. The van der Waals surface area contributed by atoms with Gasteiger partial charge in [-0.3, -0.25) is 19.8 Å². The van der Waals surface area contributed by atoms with Crippen molar-refractivity contribution in [2.75, 3.05) is 6.54 Å². The van der Waals surface area contributed by atoms with Gasteiger partial charge in [0.15, 0.2) is 5.17 Å². The molecule has 8 nitrogen and oxygen atoms in total. The topological polar surface area (TPSA) is 110 Å². The third-order valence-corrected chi connectivity index (χ3v) is 6.81. The van der Waals surface area contributed by atoms with E-state index < -0.39 is 20.9 Å². The van der Waals surface area contributed by atoms with Crippen molar-refractivity contribution in [3.05, 3.63) is 74.7 Å². The number of benzene rings is 2. The lowest BCUT2D eigenvalue weighted by atomic mass is 10.2. The molecule has 1 heterocycles. The molecule has 10 heteroatoms. The van der Waals surface area contributed by atoms with Crippen molar-refractivity contribution in [3.63, 3.8) is 0 Å². The number of carbonyl (C=O) groups is 1. The number of amidine groups is 1. The lowest BCUT2D eigenvalue weighted by Crippen LogP contribution is -2.29. The molecule has 0 aromatic heterocycles. The highest BCUT2D eigenvalue weighted by atomic mass is 32.2. The first-order valence-electron chi connectivity index (χ1n) is 9.15. The molecule has 1 saturated heterocycles. The van der Waals surface area contributed by atoms with Gasteiger partial charge in [0, 0.05) is 18.7 Å². The van der Waals surface area contributed by atoms with Crippen LogP contribution in [0.15, 0.2) is 62.7 Å². The van der Waals surface area contributed by atoms with Gasteiger partial charge < -0.3 is 0 Å². The third kappa shape index (κ3) is 4.60. The highest BCUT2D eigenvalue weighted by Crippen LogP contribution is 2.34. The maximum absolute atomic E-state index is 12.7. The van der Waals surface area contributed by atoms with E-state index in [0.29, 0.717) is 5.56 Å². The molecule has 2 aromatic carbocycles. The van der Waals surface area contributed by atoms with Crippen molar-refractivity contribution in [2.24, 2.45) is 4.40 Å². The fourth-order valence-corrected chi connectivity index (χ4v) is 5.03. The maximum Gasteiger partial charge on any atom is 0.284 e. The second-order valence-electron chi connectivity index (χ2n) is 6.36. The summed E-state index contributed by atoms with van der Waals surface area (Å²) in [7, 11) is -3.99. The van der Waals surface area contributed by atoms with E-state index in [1.54, 1.807) is 25.1 Å². The standard InChI is InChI=1S/C20H19N3O5S2/c1-3-14-8-10-17(11-9-14)30(27,28)21-20-22(4-2)19(24)18(29-20)13-15-6-5-7-16(12-15)23(25)26/h5-13H,3-4H2,1-2H3. The molecule has 1 aliphatic rings. The van der Waals surface area contributed by atoms with Crippen molar-refractivity contribution < 1.29 is 18.1 Å². The Morgan fingerprint density at radius 3 is 2.47 bits per heavy atom. The zero-order chi connectivity index (χ0) is 21.9. The fraction of sp³-hybridized carbons (Fsp3) is 0.200. The molecular weight excluding hydrogens is 426 g/mol. The second kappa shape index (κ2) is 8.80. The number of nitrogens with zero attached hydrogens (tertiary/aromatic N) is 3. The predicted molar refractivity (Wildman–Crippen MR) is 116 cm³/mol. The highest BCUT2D eigenvalue weighted by molar-refractivity contribution is 8.19. The van der Waals surface area contributed by atoms with E-state index in [4.69, 9.17) is 0 Å². The molecule has 0 N–H and O–H groups in total. The monoisotopic (exact) mass is 445 g/mol. The summed E-state index contributed by atoms with van der Waals surface area (Å²) in [6, 6.07) is 12.3. The summed E-state index contributed by atoms with van der Waals surface area (Å²) in [5.74, 6) is -0.399. The number of thioether (sulfide) groups is 1. The summed E-state index contributed by atoms with van der Waals surface area (Å²) in [6.45, 7) is 3.92. The highest BCUT2D eigenvalue weighted by Gasteiger charge is 2.34. The fourth-order valence-electron chi connectivity index (χ4n) is 2.79. The van der Waals surface area contributed by atoms with Gasteiger partial charge >= 0.3 is 0 Å². The summed E-state index contributed by atoms with van der Waals surface area (Å²) in [4.78, 5) is 24.7. The van der Waals surface area contributed by atoms with Crippen LogP contribution in [0, 0.1) is 10.1 Å². The van der Waals surface area contributed by atoms with Crippen LogP contribution in [0.5, 0.6) is 0 Å². The number of nitro groups is 1. The molecular formula is C20H19N3O5S2. The minimum atomic E-state index is -3.99. The molecule has 3 rings (SSSR count). The van der Waals surface area contributed by atoms with Crippen LogP contribution < -0.4 is 0 Å². The molecule has 0 saturated carbocycles. The van der Waals surface area contributed by atoms with Crippen LogP contribution in [-0.4, -0.2) is 35.9 Å². The molecule has 0 unspecified atom stereocenters. The Balaban J connectivity index is 1.95. The van der Waals surface area contributed by atoms with Gasteiger partial charge in [-0.2, -0.15) is 8.42 Å². The predicted octanol–water partition coefficient (Wildman–Crippen LogP) is 3.84. The normalized spacial score (nSPS) is 17.1. The Bertz CT molecular complexity index is 1160. The number of hydrogen-bond donors (Lipinski definition) is 0. The van der Waals surface area contributed by atoms with Crippen LogP contribution >= 0.6 is 11.8 Å². The smallest absolute Gasteiger partial charge is 0.284 e. The largest absolute Gasteiger partial charge is 0.286 e. The molecule has 30 heavy (non-hydrogen) atoms. The maximum atomic E-state index is 12.7. The van der Waals surface area contributed by atoms with Crippen molar-refractivity contribution >= 4 is 44.6 Å². The number of hydrogen-bond acceptors (Lipinski definition) is 6. The molecule has 0 aliphatic carbocycles. The number of likely N-dealkylation sites (N-methyl/N-ethyl adjacent to an activating group) is 1. The SMILES string of the molecule is CCc1ccc(S(=O)(=O)N=C2SC(=Cc3cccc([N+](=O)[O-])c3)C(=O)N2CC)cc1. The van der Waals surface area contributed by atoms with Gasteiger partial charge in [-0.15, -0.1) is 4.40 Å². The molecule has 1 amide bonds. The third-order valence-electron chi connectivity index (χ3n) is 4.41. The zero-order valence-corrected chi connectivity index (χ0v) is 17.9. The van der Waals surface area contributed by atoms with Crippen molar-refractivity contribution in [1.29, 1.82) is 0 Å². The van der Waals surface area contributed by atoms with Crippen LogP contribution in [0.3, 0.4) is 0 Å². The summed E-state index contributed by atoms with van der Waals surface area (Å²) in [5, 5.41) is 11.0. The Morgan fingerprint density at radius 1 is 1.17 bits per heavy atom. The summed E-state index contributed by atoms with van der Waals surface area (Å²) < 4.78 is 29.3. The van der Waals surface area contributed by atoms with E-state index in [2.05, 4.69) is 4.40 Å². The number of carbonyl (C=O) groups excluding carboxylic acids is 1. The Kier molecular flexibility index (Phi) is 6.37. The van der Waals surface area contributed by atoms with E-state index >= 15 is 0 Å². The van der Waals surface area contributed by atoms with Gasteiger partial charge in [0.25, 0.3) is 21.6 Å². The van der Waals surface area contributed by atoms with Gasteiger partial charge in [0.05, 0.1) is 14.7 Å². The van der Waals surface area contributed by atoms with E-state index in [9.17, 15) is 23.3 Å². The lowest BCUT2D eigenvalue weighted by Gasteiger charge is -2.12. The van der Waals surface area contributed by atoms with Gasteiger partial charge in [-0.25, -0.2) is 0 Å². The van der Waals surface area contributed by atoms with Gasteiger partial charge in [-0.1, -0.05) is 31.2 Å². The van der Waals surface area contributed by atoms with E-state index in [-0.39, 0.29) is 27.2 Å². The average molecular weight is 446 g/mol. The number of sulfonamides is 1. The molecule has 156 valence electrons. The number of amides is 1.